The van der Waals surface area contributed by atoms with Crippen LogP contribution in [0.1, 0.15) is 17.2 Å². The number of carbonyl (C=O) groups excluding carboxylic acids is 2. The lowest BCUT2D eigenvalue weighted by Crippen LogP contribution is -2.43. The SMILES string of the molecule is CO[C@@H](CNC(=O)N1CCNC1=O)c1ccccc1C. The number of rotatable bonds is 4. The van der Waals surface area contributed by atoms with E-state index in [0.717, 1.165) is 16.0 Å². The van der Waals surface area contributed by atoms with Crippen LogP contribution in [0.4, 0.5) is 9.59 Å². The minimum atomic E-state index is -0.393. The molecule has 20 heavy (non-hydrogen) atoms. The molecule has 0 bridgehead atoms. The zero-order chi connectivity index (χ0) is 14.5. The Kier molecular flexibility index (Phi) is 4.57. The summed E-state index contributed by atoms with van der Waals surface area (Å²) in [5.41, 5.74) is 2.13. The van der Waals surface area contributed by atoms with Crippen LogP contribution in [0.5, 0.6) is 0 Å². The van der Waals surface area contributed by atoms with Gasteiger partial charge in [-0.05, 0) is 18.1 Å². The molecule has 0 radical (unpaired) electrons. The van der Waals surface area contributed by atoms with Crippen LogP contribution in [-0.2, 0) is 4.74 Å². The van der Waals surface area contributed by atoms with E-state index in [1.54, 1.807) is 7.11 Å². The van der Waals surface area contributed by atoms with Crippen LogP contribution in [0.3, 0.4) is 0 Å². The Morgan fingerprint density at radius 1 is 1.50 bits per heavy atom. The van der Waals surface area contributed by atoms with Crippen LogP contribution in [0.2, 0.25) is 0 Å². The fourth-order valence-electron chi connectivity index (χ4n) is 2.21. The van der Waals surface area contributed by atoms with E-state index in [0.29, 0.717) is 19.6 Å². The van der Waals surface area contributed by atoms with Gasteiger partial charge in [-0.25, -0.2) is 14.5 Å². The molecule has 2 rings (SSSR count). The van der Waals surface area contributed by atoms with Crippen molar-refractivity contribution >= 4 is 12.1 Å². The molecular formula is C14H19N3O3. The first-order valence-corrected chi connectivity index (χ1v) is 6.55. The van der Waals surface area contributed by atoms with Gasteiger partial charge >= 0.3 is 12.1 Å². The van der Waals surface area contributed by atoms with E-state index >= 15 is 0 Å². The highest BCUT2D eigenvalue weighted by Gasteiger charge is 2.26. The Morgan fingerprint density at radius 3 is 2.85 bits per heavy atom. The number of amides is 4. The average molecular weight is 277 g/mol. The summed E-state index contributed by atoms with van der Waals surface area (Å²) in [6.07, 6.45) is -0.231. The van der Waals surface area contributed by atoms with Gasteiger partial charge in [0.1, 0.15) is 0 Å². The molecule has 1 aromatic rings. The Balaban J connectivity index is 1.96. The van der Waals surface area contributed by atoms with Crippen LogP contribution >= 0.6 is 0 Å². The van der Waals surface area contributed by atoms with E-state index in [-0.39, 0.29) is 12.1 Å². The van der Waals surface area contributed by atoms with Crippen molar-refractivity contribution in [3.63, 3.8) is 0 Å². The first-order chi connectivity index (χ1) is 9.63. The molecule has 4 amide bonds. The van der Waals surface area contributed by atoms with Crippen molar-refractivity contribution in [2.45, 2.75) is 13.0 Å². The largest absolute Gasteiger partial charge is 0.375 e. The molecule has 6 nitrogen and oxygen atoms in total. The van der Waals surface area contributed by atoms with Crippen LogP contribution in [0.25, 0.3) is 0 Å². The molecule has 2 N–H and O–H groups in total. The minimum absolute atomic E-state index is 0.231. The van der Waals surface area contributed by atoms with Crippen molar-refractivity contribution in [3.8, 4) is 0 Å². The molecule has 1 aromatic carbocycles. The van der Waals surface area contributed by atoms with E-state index < -0.39 is 6.03 Å². The molecule has 0 aromatic heterocycles. The first-order valence-electron chi connectivity index (χ1n) is 6.55. The predicted octanol–water partition coefficient (Wildman–Crippen LogP) is 1.42. The number of hydrogen-bond donors (Lipinski definition) is 2. The van der Waals surface area contributed by atoms with Gasteiger partial charge in [0.05, 0.1) is 6.10 Å². The summed E-state index contributed by atoms with van der Waals surface area (Å²) in [5.74, 6) is 0. The van der Waals surface area contributed by atoms with Crippen molar-refractivity contribution < 1.29 is 14.3 Å². The molecule has 6 heteroatoms. The normalized spacial score (nSPS) is 15.9. The molecule has 1 atom stereocenters. The molecule has 0 unspecified atom stereocenters. The maximum atomic E-state index is 11.9. The van der Waals surface area contributed by atoms with Crippen molar-refractivity contribution in [3.05, 3.63) is 35.4 Å². The van der Waals surface area contributed by atoms with Gasteiger partial charge in [-0.2, -0.15) is 0 Å². The number of ether oxygens (including phenoxy) is 1. The standard InChI is InChI=1S/C14H19N3O3/c1-10-5-3-4-6-11(10)12(20-2)9-16-14(19)17-8-7-15-13(17)18/h3-6,12H,7-9H2,1-2H3,(H,15,18)(H,16,19)/t12-/m0/s1. The molecule has 0 spiro atoms. The van der Waals surface area contributed by atoms with Crippen LogP contribution in [-0.4, -0.2) is 43.7 Å². The Labute approximate surface area is 118 Å². The van der Waals surface area contributed by atoms with Crippen molar-refractivity contribution in [2.75, 3.05) is 26.7 Å². The van der Waals surface area contributed by atoms with Gasteiger partial charge in [0, 0.05) is 26.7 Å². The van der Waals surface area contributed by atoms with Crippen LogP contribution < -0.4 is 10.6 Å². The fourth-order valence-corrected chi connectivity index (χ4v) is 2.21. The number of carbonyl (C=O) groups is 2. The lowest BCUT2D eigenvalue weighted by Gasteiger charge is -2.20. The molecular weight excluding hydrogens is 258 g/mol. The number of aryl methyl sites for hydroxylation is 1. The third-order valence-electron chi connectivity index (χ3n) is 3.36. The molecule has 0 aliphatic carbocycles. The Hall–Kier alpha value is -2.08. The molecule has 1 aliphatic rings. The first kappa shape index (κ1) is 14.3. The highest BCUT2D eigenvalue weighted by atomic mass is 16.5. The topological polar surface area (TPSA) is 70.7 Å². The number of nitrogens with one attached hydrogen (secondary N) is 2. The molecule has 0 saturated carbocycles. The zero-order valence-corrected chi connectivity index (χ0v) is 11.7. The van der Waals surface area contributed by atoms with Gasteiger partial charge in [-0.1, -0.05) is 24.3 Å². The Morgan fingerprint density at radius 2 is 2.25 bits per heavy atom. The molecule has 1 saturated heterocycles. The molecule has 1 heterocycles. The summed E-state index contributed by atoms with van der Waals surface area (Å²) in [6.45, 7) is 3.21. The second kappa shape index (κ2) is 6.38. The summed E-state index contributed by atoms with van der Waals surface area (Å²) in [4.78, 5) is 24.4. The van der Waals surface area contributed by atoms with Crippen LogP contribution in [0.15, 0.2) is 24.3 Å². The zero-order valence-electron chi connectivity index (χ0n) is 11.7. The fraction of sp³-hybridized carbons (Fsp3) is 0.429. The third kappa shape index (κ3) is 3.08. The van der Waals surface area contributed by atoms with Crippen molar-refractivity contribution in [1.82, 2.24) is 15.5 Å². The van der Waals surface area contributed by atoms with Crippen LogP contribution in [0, 0.1) is 6.92 Å². The summed E-state index contributed by atoms with van der Waals surface area (Å²) in [7, 11) is 1.60. The molecule has 108 valence electrons. The van der Waals surface area contributed by atoms with Gasteiger partial charge in [-0.15, -0.1) is 0 Å². The third-order valence-corrected chi connectivity index (χ3v) is 3.36. The maximum Gasteiger partial charge on any atom is 0.325 e. The second-order valence-corrected chi connectivity index (χ2v) is 4.65. The number of nitrogens with zero attached hydrogens (tertiary/aromatic N) is 1. The summed E-state index contributed by atoms with van der Waals surface area (Å²) in [5, 5.41) is 5.32. The van der Waals surface area contributed by atoms with E-state index in [9.17, 15) is 9.59 Å². The van der Waals surface area contributed by atoms with Gasteiger partial charge in [0.2, 0.25) is 0 Å². The smallest absolute Gasteiger partial charge is 0.325 e. The number of hydrogen-bond acceptors (Lipinski definition) is 3. The maximum absolute atomic E-state index is 11.9. The number of imide groups is 1. The average Bonchev–Trinajstić information content (AvgIpc) is 2.87. The van der Waals surface area contributed by atoms with Crippen molar-refractivity contribution in [1.29, 1.82) is 0 Å². The Bertz CT molecular complexity index is 504. The summed E-state index contributed by atoms with van der Waals surface area (Å²) >= 11 is 0. The number of methoxy groups -OCH3 is 1. The monoisotopic (exact) mass is 277 g/mol. The van der Waals surface area contributed by atoms with E-state index in [4.69, 9.17) is 4.74 Å². The second-order valence-electron chi connectivity index (χ2n) is 4.65. The number of urea groups is 2. The minimum Gasteiger partial charge on any atom is -0.375 e. The highest BCUT2D eigenvalue weighted by molar-refractivity contribution is 5.94. The highest BCUT2D eigenvalue weighted by Crippen LogP contribution is 2.19. The summed E-state index contributed by atoms with van der Waals surface area (Å²) in [6, 6.07) is 7.11. The summed E-state index contributed by atoms with van der Waals surface area (Å²) < 4.78 is 5.42. The van der Waals surface area contributed by atoms with Gasteiger partial charge in [0.25, 0.3) is 0 Å². The predicted molar refractivity (Wildman–Crippen MR) is 74.4 cm³/mol. The van der Waals surface area contributed by atoms with Crippen molar-refractivity contribution in [2.24, 2.45) is 0 Å². The molecule has 1 aliphatic heterocycles. The number of benzene rings is 1. The van der Waals surface area contributed by atoms with Gasteiger partial charge in [0.15, 0.2) is 0 Å². The molecule has 1 fully saturated rings. The van der Waals surface area contributed by atoms with E-state index in [2.05, 4.69) is 10.6 Å². The van der Waals surface area contributed by atoms with Gasteiger partial charge < -0.3 is 15.4 Å². The lowest BCUT2D eigenvalue weighted by molar-refractivity contribution is 0.102. The van der Waals surface area contributed by atoms with E-state index in [1.165, 1.54) is 0 Å². The van der Waals surface area contributed by atoms with Gasteiger partial charge in [-0.3, -0.25) is 0 Å². The lowest BCUT2D eigenvalue weighted by atomic mass is 10.0. The quantitative estimate of drug-likeness (QED) is 0.874. The van der Waals surface area contributed by atoms with E-state index in [1.807, 2.05) is 31.2 Å².